The Labute approximate surface area is 93.0 Å². The van der Waals surface area contributed by atoms with Crippen LogP contribution in [0.3, 0.4) is 0 Å². The fourth-order valence-electron chi connectivity index (χ4n) is 1.52. The SMILES string of the molecule is CC(=O)/C(C#N)=C/C1=CC2=CN=NC2=CC1. The van der Waals surface area contributed by atoms with Crippen molar-refractivity contribution in [3.05, 3.63) is 46.8 Å². The molecule has 0 N–H and O–H groups in total. The molecule has 0 atom stereocenters. The van der Waals surface area contributed by atoms with Crippen molar-refractivity contribution < 1.29 is 4.79 Å². The maximum absolute atomic E-state index is 11.1. The van der Waals surface area contributed by atoms with Crippen LogP contribution in [0.2, 0.25) is 0 Å². The largest absolute Gasteiger partial charge is 0.294 e. The number of fused-ring (bicyclic) bond motifs is 1. The molecule has 4 nitrogen and oxygen atoms in total. The molecule has 1 aliphatic heterocycles. The number of carbonyl (C=O) groups is 1. The summed E-state index contributed by atoms with van der Waals surface area (Å²) in [7, 11) is 0. The number of nitriles is 1. The number of ketones is 1. The topological polar surface area (TPSA) is 65.6 Å². The van der Waals surface area contributed by atoms with E-state index in [1.807, 2.05) is 18.2 Å². The number of nitrogens with zero attached hydrogens (tertiary/aromatic N) is 3. The molecular weight excluding hydrogens is 202 g/mol. The van der Waals surface area contributed by atoms with Crippen LogP contribution in [-0.2, 0) is 4.79 Å². The van der Waals surface area contributed by atoms with Crippen molar-refractivity contribution in [3.63, 3.8) is 0 Å². The third-order valence-corrected chi connectivity index (χ3v) is 2.36. The zero-order valence-electron chi connectivity index (χ0n) is 8.77. The Kier molecular flexibility index (Phi) is 2.61. The first-order valence-electron chi connectivity index (χ1n) is 4.85. The molecule has 0 aromatic rings. The third-order valence-electron chi connectivity index (χ3n) is 2.36. The summed E-state index contributed by atoms with van der Waals surface area (Å²) in [5, 5.41) is 16.5. The van der Waals surface area contributed by atoms with Crippen LogP contribution >= 0.6 is 0 Å². The molecule has 1 heterocycles. The molecule has 0 bridgehead atoms. The molecule has 0 saturated heterocycles. The van der Waals surface area contributed by atoms with Crippen molar-refractivity contribution in [2.45, 2.75) is 13.3 Å². The van der Waals surface area contributed by atoms with Crippen molar-refractivity contribution in [1.82, 2.24) is 0 Å². The predicted molar refractivity (Wildman–Crippen MR) is 58.1 cm³/mol. The highest BCUT2D eigenvalue weighted by molar-refractivity contribution is 5.97. The standard InChI is InChI=1S/C12H9N3O/c1-8(16)10(6-13)4-9-2-3-12-11(5-9)7-14-15-12/h3-5,7H,2H2,1H3/b10-4+. The first-order valence-corrected chi connectivity index (χ1v) is 4.85. The molecule has 0 radical (unpaired) electrons. The lowest BCUT2D eigenvalue weighted by molar-refractivity contribution is -0.113. The molecule has 0 spiro atoms. The van der Waals surface area contributed by atoms with E-state index in [2.05, 4.69) is 10.2 Å². The van der Waals surface area contributed by atoms with Gasteiger partial charge in [0.15, 0.2) is 5.78 Å². The van der Waals surface area contributed by atoms with Gasteiger partial charge in [-0.25, -0.2) is 0 Å². The molecule has 78 valence electrons. The van der Waals surface area contributed by atoms with E-state index in [4.69, 9.17) is 5.26 Å². The lowest BCUT2D eigenvalue weighted by Gasteiger charge is -2.07. The van der Waals surface area contributed by atoms with E-state index < -0.39 is 0 Å². The summed E-state index contributed by atoms with van der Waals surface area (Å²) in [4.78, 5) is 11.1. The Bertz CT molecular complexity index is 539. The molecule has 0 aromatic heterocycles. The Hall–Kier alpha value is -2.28. The Morgan fingerprint density at radius 1 is 1.62 bits per heavy atom. The molecule has 0 unspecified atom stereocenters. The van der Waals surface area contributed by atoms with E-state index in [-0.39, 0.29) is 11.4 Å². The quantitative estimate of drug-likeness (QED) is 0.520. The van der Waals surface area contributed by atoms with Crippen LogP contribution in [0.1, 0.15) is 13.3 Å². The van der Waals surface area contributed by atoms with Gasteiger partial charge >= 0.3 is 0 Å². The molecule has 2 rings (SSSR count). The lowest BCUT2D eigenvalue weighted by atomic mass is 9.98. The van der Waals surface area contributed by atoms with E-state index in [1.165, 1.54) is 6.92 Å². The Balaban J connectivity index is 2.27. The molecule has 0 fully saturated rings. The predicted octanol–water partition coefficient (Wildman–Crippen LogP) is 2.59. The highest BCUT2D eigenvalue weighted by Crippen LogP contribution is 2.28. The fourth-order valence-corrected chi connectivity index (χ4v) is 1.52. The molecule has 0 saturated carbocycles. The number of carbonyl (C=O) groups excluding carboxylic acids is 1. The maximum Gasteiger partial charge on any atom is 0.170 e. The van der Waals surface area contributed by atoms with Gasteiger partial charge in [-0.05, 0) is 31.1 Å². The van der Waals surface area contributed by atoms with Crippen molar-refractivity contribution >= 4 is 5.78 Å². The summed E-state index contributed by atoms with van der Waals surface area (Å²) in [6.07, 6.45) is 7.79. The van der Waals surface area contributed by atoms with Gasteiger partial charge < -0.3 is 0 Å². The highest BCUT2D eigenvalue weighted by Gasteiger charge is 2.13. The summed E-state index contributed by atoms with van der Waals surface area (Å²) >= 11 is 0. The second kappa shape index (κ2) is 4.07. The minimum absolute atomic E-state index is 0.176. The van der Waals surface area contributed by atoms with Gasteiger partial charge in [-0.1, -0.05) is 6.08 Å². The van der Waals surface area contributed by atoms with Gasteiger partial charge in [0, 0.05) is 5.57 Å². The minimum Gasteiger partial charge on any atom is -0.294 e. The van der Waals surface area contributed by atoms with Crippen molar-refractivity contribution in [2.24, 2.45) is 10.2 Å². The Morgan fingerprint density at radius 2 is 2.44 bits per heavy atom. The lowest BCUT2D eigenvalue weighted by Crippen LogP contribution is -1.96. The van der Waals surface area contributed by atoms with Gasteiger partial charge in [0.05, 0.1) is 17.5 Å². The van der Waals surface area contributed by atoms with E-state index in [0.29, 0.717) is 6.42 Å². The smallest absolute Gasteiger partial charge is 0.170 e. The van der Waals surface area contributed by atoms with Gasteiger partial charge in [0.1, 0.15) is 6.07 Å². The van der Waals surface area contributed by atoms with Crippen LogP contribution in [0.15, 0.2) is 57.1 Å². The maximum atomic E-state index is 11.1. The number of allylic oxidation sites excluding steroid dienone is 5. The minimum atomic E-state index is -0.215. The molecule has 0 amide bonds. The average Bonchev–Trinajstić information content (AvgIpc) is 2.72. The van der Waals surface area contributed by atoms with E-state index in [0.717, 1.165) is 16.8 Å². The van der Waals surface area contributed by atoms with Crippen molar-refractivity contribution in [1.29, 1.82) is 5.26 Å². The number of Topliss-reactive ketones (excluding diaryl/α,β-unsaturated/α-hetero) is 1. The van der Waals surface area contributed by atoms with Gasteiger partial charge in [-0.3, -0.25) is 4.79 Å². The summed E-state index contributed by atoms with van der Waals surface area (Å²) in [6.45, 7) is 1.39. The van der Waals surface area contributed by atoms with Gasteiger partial charge in [-0.15, -0.1) is 0 Å². The monoisotopic (exact) mass is 211 g/mol. The van der Waals surface area contributed by atoms with E-state index >= 15 is 0 Å². The first-order chi connectivity index (χ1) is 7.70. The first kappa shape index (κ1) is 10.2. The van der Waals surface area contributed by atoms with Gasteiger partial charge in [0.25, 0.3) is 0 Å². The summed E-state index contributed by atoms with van der Waals surface area (Å²) < 4.78 is 0. The van der Waals surface area contributed by atoms with Crippen molar-refractivity contribution in [3.8, 4) is 6.07 Å². The normalized spacial score (nSPS) is 18.2. The third kappa shape index (κ3) is 1.89. The number of hydrogen-bond donors (Lipinski definition) is 0. The van der Waals surface area contributed by atoms with Crippen LogP contribution in [0, 0.1) is 11.3 Å². The average molecular weight is 211 g/mol. The van der Waals surface area contributed by atoms with Crippen LogP contribution in [0.5, 0.6) is 0 Å². The fraction of sp³-hybridized carbons (Fsp3) is 0.167. The highest BCUT2D eigenvalue weighted by atomic mass is 16.1. The van der Waals surface area contributed by atoms with Crippen molar-refractivity contribution in [2.75, 3.05) is 0 Å². The molecule has 16 heavy (non-hydrogen) atoms. The van der Waals surface area contributed by atoms with Crippen LogP contribution in [0.25, 0.3) is 0 Å². The number of hydrogen-bond acceptors (Lipinski definition) is 4. The summed E-state index contributed by atoms with van der Waals surface area (Å²) in [6, 6.07) is 1.89. The van der Waals surface area contributed by atoms with Gasteiger partial charge in [0.2, 0.25) is 0 Å². The Morgan fingerprint density at radius 3 is 3.12 bits per heavy atom. The molecule has 2 aliphatic rings. The molecule has 0 aromatic carbocycles. The molecule has 1 aliphatic carbocycles. The number of rotatable bonds is 2. The summed E-state index contributed by atoms with van der Waals surface area (Å²) in [5.74, 6) is -0.215. The number of azo groups is 1. The van der Waals surface area contributed by atoms with Crippen LogP contribution < -0.4 is 0 Å². The van der Waals surface area contributed by atoms with Crippen LogP contribution in [-0.4, -0.2) is 5.78 Å². The van der Waals surface area contributed by atoms with Crippen LogP contribution in [0.4, 0.5) is 0 Å². The van der Waals surface area contributed by atoms with E-state index in [9.17, 15) is 4.79 Å². The zero-order valence-corrected chi connectivity index (χ0v) is 8.77. The second-order valence-corrected chi connectivity index (χ2v) is 3.54. The summed E-state index contributed by atoms with van der Waals surface area (Å²) in [5.41, 5.74) is 2.89. The zero-order chi connectivity index (χ0) is 11.5. The molecule has 4 heteroatoms. The van der Waals surface area contributed by atoms with Gasteiger partial charge in [-0.2, -0.15) is 15.5 Å². The molecular formula is C12H9N3O. The second-order valence-electron chi connectivity index (χ2n) is 3.54. The van der Waals surface area contributed by atoms with E-state index in [1.54, 1.807) is 12.3 Å².